The molecule has 27 heavy (non-hydrogen) atoms. The molecule has 160 valence electrons. The van der Waals surface area contributed by atoms with E-state index in [1.54, 1.807) is 0 Å². The Balaban J connectivity index is 5.44. The molecule has 0 amide bonds. The second-order valence-electron chi connectivity index (χ2n) is 5.24. The second-order valence-corrected chi connectivity index (χ2v) is 7.54. The fourth-order valence-corrected chi connectivity index (χ4v) is 3.04. The average molecular weight is 447 g/mol. The molecule has 3 nitrogen and oxygen atoms in total. The Kier molecular flexibility index (Phi) is 7.16. The number of sulfone groups is 1. The second kappa shape index (κ2) is 7.55. The fraction of sp³-hybridized carbons (Fsp3) is 0.909. The van der Waals surface area contributed by atoms with Gasteiger partial charge in [0.25, 0.3) is 0 Å². The summed E-state index contributed by atoms with van der Waals surface area (Å²) in [6, 6.07) is 0.728. The Morgan fingerprint density at radius 1 is 0.778 bits per heavy atom. The molecule has 0 aromatic carbocycles. The van der Waals surface area contributed by atoms with E-state index in [2.05, 4.69) is 0 Å². The van der Waals surface area contributed by atoms with Crippen molar-refractivity contribution in [2.24, 2.45) is 0 Å². The summed E-state index contributed by atoms with van der Waals surface area (Å²) < 4.78 is 172. The SMILES string of the molecule is N#CC(CCC(F)(F)C(F)(F)C(F)(F)C(F)(F)F)S(=O)(=O)CCC(F)(F)F. The molecule has 0 saturated carbocycles. The van der Waals surface area contributed by atoms with Crippen LogP contribution in [0.5, 0.6) is 0 Å². The van der Waals surface area contributed by atoms with E-state index < -0.39 is 70.2 Å². The molecule has 0 saturated heterocycles. The van der Waals surface area contributed by atoms with Gasteiger partial charge in [-0.15, -0.1) is 0 Å². The van der Waals surface area contributed by atoms with Crippen LogP contribution < -0.4 is 0 Å². The standard InChI is InChI=1S/C11H9F12NO2S/c12-7(13,9(17,18)10(19,20)11(21,22)23)2-1-6(5-24)27(25,26)4-3-8(14,15)16/h6H,1-4H2. The maximum atomic E-state index is 13.3. The van der Waals surface area contributed by atoms with Gasteiger partial charge in [0.2, 0.25) is 0 Å². The summed E-state index contributed by atoms with van der Waals surface area (Å²) in [5.41, 5.74) is 0. The van der Waals surface area contributed by atoms with Crippen molar-refractivity contribution in [2.75, 3.05) is 5.75 Å². The number of rotatable bonds is 8. The van der Waals surface area contributed by atoms with Gasteiger partial charge in [0, 0.05) is 6.42 Å². The molecule has 16 heteroatoms. The van der Waals surface area contributed by atoms with E-state index >= 15 is 0 Å². The third-order valence-electron chi connectivity index (χ3n) is 3.18. The molecule has 1 atom stereocenters. The lowest BCUT2D eigenvalue weighted by molar-refractivity contribution is -0.396. The van der Waals surface area contributed by atoms with Crippen molar-refractivity contribution >= 4 is 9.84 Å². The summed E-state index contributed by atoms with van der Waals surface area (Å²) in [5, 5.41) is 5.76. The van der Waals surface area contributed by atoms with Crippen LogP contribution in [0.4, 0.5) is 52.7 Å². The fourth-order valence-electron chi connectivity index (χ4n) is 1.60. The van der Waals surface area contributed by atoms with Gasteiger partial charge >= 0.3 is 30.1 Å². The smallest absolute Gasteiger partial charge is 0.227 e. The molecule has 1 unspecified atom stereocenters. The first kappa shape index (κ1) is 25.6. The van der Waals surface area contributed by atoms with E-state index in [-0.39, 0.29) is 0 Å². The largest absolute Gasteiger partial charge is 0.460 e. The predicted octanol–water partition coefficient (Wildman–Crippen LogP) is 4.49. The van der Waals surface area contributed by atoms with Gasteiger partial charge in [-0.05, 0) is 6.42 Å². The van der Waals surface area contributed by atoms with Crippen LogP contribution in [0.1, 0.15) is 19.3 Å². The lowest BCUT2D eigenvalue weighted by Gasteiger charge is -2.33. The Bertz CT molecular complexity index is 658. The van der Waals surface area contributed by atoms with E-state index in [9.17, 15) is 61.1 Å². The molecule has 0 rings (SSSR count). The zero-order valence-corrected chi connectivity index (χ0v) is 13.4. The highest BCUT2D eigenvalue weighted by atomic mass is 32.2. The molecule has 0 spiro atoms. The number of hydrogen-bond acceptors (Lipinski definition) is 3. The van der Waals surface area contributed by atoms with E-state index in [0.717, 1.165) is 6.07 Å². The highest BCUT2D eigenvalue weighted by Crippen LogP contribution is 2.54. The highest BCUT2D eigenvalue weighted by Gasteiger charge is 2.81. The van der Waals surface area contributed by atoms with Gasteiger partial charge < -0.3 is 0 Å². The predicted molar refractivity (Wildman–Crippen MR) is 64.0 cm³/mol. The van der Waals surface area contributed by atoms with Gasteiger partial charge in [0.15, 0.2) is 9.84 Å². The Morgan fingerprint density at radius 2 is 1.22 bits per heavy atom. The van der Waals surface area contributed by atoms with Crippen molar-refractivity contribution < 1.29 is 61.1 Å². The first-order valence-electron chi connectivity index (χ1n) is 6.50. The summed E-state index contributed by atoms with van der Waals surface area (Å²) in [6.07, 6.45) is -18.7. The summed E-state index contributed by atoms with van der Waals surface area (Å²) in [4.78, 5) is 0. The lowest BCUT2D eigenvalue weighted by atomic mass is 9.99. The monoisotopic (exact) mass is 447 g/mol. The number of nitriles is 1. The molecule has 0 aliphatic rings. The minimum Gasteiger partial charge on any atom is -0.227 e. The Morgan fingerprint density at radius 3 is 1.56 bits per heavy atom. The van der Waals surface area contributed by atoms with Crippen LogP contribution in [0, 0.1) is 11.3 Å². The summed E-state index contributed by atoms with van der Waals surface area (Å²) >= 11 is 0. The first-order valence-corrected chi connectivity index (χ1v) is 8.22. The minimum absolute atomic E-state index is 0.728. The third kappa shape index (κ3) is 5.79. The molecular weight excluding hydrogens is 438 g/mol. The third-order valence-corrected chi connectivity index (χ3v) is 5.16. The minimum atomic E-state index is -7.19. The molecule has 0 heterocycles. The number of hydrogen-bond donors (Lipinski definition) is 0. The van der Waals surface area contributed by atoms with Gasteiger partial charge in [-0.1, -0.05) is 0 Å². The van der Waals surface area contributed by atoms with Gasteiger partial charge in [-0.25, -0.2) is 8.42 Å². The van der Waals surface area contributed by atoms with Crippen LogP contribution in [0.2, 0.25) is 0 Å². The average Bonchev–Trinajstić information content (AvgIpc) is 2.43. The van der Waals surface area contributed by atoms with E-state index in [4.69, 9.17) is 5.26 Å². The normalized spacial score (nSPS) is 16.1. The maximum Gasteiger partial charge on any atom is 0.460 e. The van der Waals surface area contributed by atoms with Crippen molar-refractivity contribution in [3.05, 3.63) is 0 Å². The molecule has 0 aromatic rings. The zero-order chi connectivity index (χ0) is 22.1. The first-order chi connectivity index (χ1) is 11.6. The van der Waals surface area contributed by atoms with E-state index in [1.807, 2.05) is 0 Å². The van der Waals surface area contributed by atoms with Crippen LogP contribution in [0.25, 0.3) is 0 Å². The number of alkyl halides is 12. The van der Waals surface area contributed by atoms with E-state index in [0.29, 0.717) is 0 Å². The van der Waals surface area contributed by atoms with Gasteiger partial charge in [-0.3, -0.25) is 0 Å². The molecule has 0 fully saturated rings. The molecule has 0 aliphatic heterocycles. The van der Waals surface area contributed by atoms with Crippen LogP contribution >= 0.6 is 0 Å². The van der Waals surface area contributed by atoms with Crippen LogP contribution in [0.15, 0.2) is 0 Å². The summed E-state index contributed by atoms with van der Waals surface area (Å²) in [6.45, 7) is 0. The van der Waals surface area contributed by atoms with Gasteiger partial charge in [0.1, 0.15) is 5.25 Å². The van der Waals surface area contributed by atoms with Gasteiger partial charge in [-0.2, -0.15) is 57.9 Å². The van der Waals surface area contributed by atoms with Crippen LogP contribution in [0.3, 0.4) is 0 Å². The Labute approximate surface area is 143 Å². The topological polar surface area (TPSA) is 57.9 Å². The molecule has 0 N–H and O–H groups in total. The molecule has 0 aromatic heterocycles. The van der Waals surface area contributed by atoms with Crippen molar-refractivity contribution in [1.29, 1.82) is 5.26 Å². The molecular formula is C11H9F12NO2S. The highest BCUT2D eigenvalue weighted by molar-refractivity contribution is 7.92. The van der Waals surface area contributed by atoms with Crippen molar-refractivity contribution in [1.82, 2.24) is 0 Å². The summed E-state index contributed by atoms with van der Waals surface area (Å²) in [5.74, 6) is -22.1. The quantitative estimate of drug-likeness (QED) is 0.516. The van der Waals surface area contributed by atoms with Crippen molar-refractivity contribution in [2.45, 2.75) is 54.6 Å². The van der Waals surface area contributed by atoms with E-state index in [1.165, 1.54) is 0 Å². The Hall–Kier alpha value is -1.40. The number of nitrogens with zero attached hydrogens (tertiary/aromatic N) is 1. The zero-order valence-electron chi connectivity index (χ0n) is 12.6. The van der Waals surface area contributed by atoms with Crippen molar-refractivity contribution in [3.8, 4) is 6.07 Å². The van der Waals surface area contributed by atoms with Crippen LogP contribution in [-0.4, -0.2) is 49.5 Å². The van der Waals surface area contributed by atoms with Crippen molar-refractivity contribution in [3.63, 3.8) is 0 Å². The maximum absolute atomic E-state index is 13.3. The number of halogens is 12. The molecule has 0 aliphatic carbocycles. The lowest BCUT2D eigenvalue weighted by Crippen LogP contribution is -2.60. The molecule has 0 radical (unpaired) electrons. The molecule has 0 bridgehead atoms. The van der Waals surface area contributed by atoms with Gasteiger partial charge in [0.05, 0.1) is 18.2 Å². The van der Waals surface area contributed by atoms with Crippen LogP contribution in [-0.2, 0) is 9.84 Å². The summed E-state index contributed by atoms with van der Waals surface area (Å²) in [7, 11) is -5.11.